The summed E-state index contributed by atoms with van der Waals surface area (Å²) in [5, 5.41) is 11.1. The molecule has 1 N–H and O–H groups in total. The lowest BCUT2D eigenvalue weighted by Gasteiger charge is -2.18. The second-order valence-corrected chi connectivity index (χ2v) is 5.02. The van der Waals surface area contributed by atoms with Crippen LogP contribution in [0.1, 0.15) is 28.4 Å². The Balaban J connectivity index is 2.46. The summed E-state index contributed by atoms with van der Waals surface area (Å²) in [6.07, 6.45) is -0.716. The van der Waals surface area contributed by atoms with Crippen LogP contribution in [0.3, 0.4) is 0 Å². The van der Waals surface area contributed by atoms with Gasteiger partial charge in [0.2, 0.25) is 0 Å². The maximum absolute atomic E-state index is 10.5. The minimum atomic E-state index is -0.716. The van der Waals surface area contributed by atoms with Crippen molar-refractivity contribution >= 4 is 11.6 Å². The number of aryl methyl sites for hydroxylation is 1. The van der Waals surface area contributed by atoms with Crippen molar-refractivity contribution in [2.45, 2.75) is 20.0 Å². The largest absolute Gasteiger partial charge is 0.496 e. The van der Waals surface area contributed by atoms with Crippen molar-refractivity contribution < 1.29 is 9.84 Å². The molecule has 0 amide bonds. The number of aliphatic hydroxyl groups is 1. The van der Waals surface area contributed by atoms with Crippen LogP contribution in [0.15, 0.2) is 36.4 Å². The van der Waals surface area contributed by atoms with Crippen LogP contribution < -0.4 is 4.74 Å². The van der Waals surface area contributed by atoms with Gasteiger partial charge in [0.05, 0.1) is 7.11 Å². The lowest BCUT2D eigenvalue weighted by Crippen LogP contribution is -2.04. The van der Waals surface area contributed by atoms with Crippen molar-refractivity contribution in [2.24, 2.45) is 0 Å². The van der Waals surface area contributed by atoms with Crippen LogP contribution in [0, 0.1) is 13.8 Å². The molecule has 0 bridgehead atoms. The van der Waals surface area contributed by atoms with E-state index in [9.17, 15) is 5.11 Å². The molecular weight excluding hydrogens is 260 g/mol. The molecule has 2 aromatic rings. The van der Waals surface area contributed by atoms with Gasteiger partial charge in [0.1, 0.15) is 11.9 Å². The average Bonchev–Trinajstić information content (AvgIpc) is 2.41. The van der Waals surface area contributed by atoms with Crippen molar-refractivity contribution in [2.75, 3.05) is 7.11 Å². The quantitative estimate of drug-likeness (QED) is 0.916. The third-order valence-corrected chi connectivity index (χ3v) is 3.64. The first-order valence-electron chi connectivity index (χ1n) is 6.12. The second kappa shape index (κ2) is 5.64. The van der Waals surface area contributed by atoms with Gasteiger partial charge < -0.3 is 9.84 Å². The molecule has 0 spiro atoms. The number of hydrogen-bond acceptors (Lipinski definition) is 2. The second-order valence-electron chi connectivity index (χ2n) is 4.58. The fourth-order valence-electron chi connectivity index (χ4n) is 2.12. The van der Waals surface area contributed by atoms with E-state index in [1.807, 2.05) is 38.1 Å². The van der Waals surface area contributed by atoms with E-state index in [1.54, 1.807) is 19.2 Å². The molecule has 1 unspecified atom stereocenters. The standard InChI is InChI=1S/C16H17ClO2/c1-10-4-9-14(16(19-3)11(10)2)15(18)12-5-7-13(17)8-6-12/h4-9,15,18H,1-3H3. The smallest absolute Gasteiger partial charge is 0.128 e. The Bertz CT molecular complexity index is 576. The molecular formula is C16H17ClO2. The number of hydrogen-bond donors (Lipinski definition) is 1. The zero-order chi connectivity index (χ0) is 14.0. The summed E-state index contributed by atoms with van der Waals surface area (Å²) in [5.74, 6) is 0.738. The monoisotopic (exact) mass is 276 g/mol. The zero-order valence-electron chi connectivity index (χ0n) is 11.3. The lowest BCUT2D eigenvalue weighted by molar-refractivity contribution is 0.214. The molecule has 2 nitrogen and oxygen atoms in total. The normalized spacial score (nSPS) is 12.3. The molecule has 1 atom stereocenters. The highest BCUT2D eigenvalue weighted by molar-refractivity contribution is 6.30. The van der Waals surface area contributed by atoms with Crippen LogP contribution >= 0.6 is 11.6 Å². The Hall–Kier alpha value is -1.51. The van der Waals surface area contributed by atoms with Crippen LogP contribution in [0.2, 0.25) is 5.02 Å². The van der Waals surface area contributed by atoms with Crippen LogP contribution in [-0.4, -0.2) is 12.2 Å². The fraction of sp³-hybridized carbons (Fsp3) is 0.250. The Kier molecular flexibility index (Phi) is 4.13. The Labute approximate surface area is 118 Å². The first-order chi connectivity index (χ1) is 9.04. The third-order valence-electron chi connectivity index (χ3n) is 3.39. The van der Waals surface area contributed by atoms with Crippen molar-refractivity contribution in [3.63, 3.8) is 0 Å². The van der Waals surface area contributed by atoms with Crippen molar-refractivity contribution in [3.05, 3.63) is 63.7 Å². The summed E-state index contributed by atoms with van der Waals surface area (Å²) in [6.45, 7) is 4.02. The Morgan fingerprint density at radius 2 is 1.68 bits per heavy atom. The van der Waals surface area contributed by atoms with E-state index >= 15 is 0 Å². The maximum atomic E-state index is 10.5. The summed E-state index contributed by atoms with van der Waals surface area (Å²) in [7, 11) is 1.62. The molecule has 2 rings (SSSR count). The number of aliphatic hydroxyl groups excluding tert-OH is 1. The SMILES string of the molecule is COc1c(C(O)c2ccc(Cl)cc2)ccc(C)c1C. The summed E-state index contributed by atoms with van der Waals surface area (Å²) in [5.41, 5.74) is 3.76. The average molecular weight is 277 g/mol. The van der Waals surface area contributed by atoms with Gasteiger partial charge in [0, 0.05) is 10.6 Å². The molecule has 100 valence electrons. The molecule has 0 saturated carbocycles. The van der Waals surface area contributed by atoms with E-state index < -0.39 is 6.10 Å². The van der Waals surface area contributed by atoms with Gasteiger partial charge in [-0.05, 0) is 42.7 Å². The minimum Gasteiger partial charge on any atom is -0.496 e. The summed E-state index contributed by atoms with van der Waals surface area (Å²) in [4.78, 5) is 0. The molecule has 0 heterocycles. The van der Waals surface area contributed by atoms with Crippen LogP contribution in [0.25, 0.3) is 0 Å². The van der Waals surface area contributed by atoms with E-state index in [0.717, 1.165) is 28.0 Å². The van der Waals surface area contributed by atoms with E-state index in [0.29, 0.717) is 5.02 Å². The molecule has 0 saturated heterocycles. The molecule has 0 aliphatic carbocycles. The van der Waals surface area contributed by atoms with E-state index in [2.05, 4.69) is 0 Å². The molecule has 0 radical (unpaired) electrons. The number of methoxy groups -OCH3 is 1. The summed E-state index contributed by atoms with van der Waals surface area (Å²) < 4.78 is 5.44. The van der Waals surface area contributed by atoms with Gasteiger partial charge in [0.15, 0.2) is 0 Å². The maximum Gasteiger partial charge on any atom is 0.128 e. The van der Waals surface area contributed by atoms with Gasteiger partial charge in [-0.25, -0.2) is 0 Å². The van der Waals surface area contributed by atoms with E-state index in [4.69, 9.17) is 16.3 Å². The van der Waals surface area contributed by atoms with Gasteiger partial charge in [0.25, 0.3) is 0 Å². The van der Waals surface area contributed by atoms with Crippen molar-refractivity contribution in [1.82, 2.24) is 0 Å². The van der Waals surface area contributed by atoms with Gasteiger partial charge in [-0.2, -0.15) is 0 Å². The minimum absolute atomic E-state index is 0.656. The zero-order valence-corrected chi connectivity index (χ0v) is 12.0. The first kappa shape index (κ1) is 13.9. The number of rotatable bonds is 3. The highest BCUT2D eigenvalue weighted by Gasteiger charge is 2.17. The third kappa shape index (κ3) is 2.75. The molecule has 3 heteroatoms. The Morgan fingerprint density at radius 3 is 2.26 bits per heavy atom. The van der Waals surface area contributed by atoms with E-state index in [1.165, 1.54) is 0 Å². The topological polar surface area (TPSA) is 29.5 Å². The highest BCUT2D eigenvalue weighted by atomic mass is 35.5. The molecule has 0 aliphatic heterocycles. The van der Waals surface area contributed by atoms with Crippen molar-refractivity contribution in [1.29, 1.82) is 0 Å². The fourth-order valence-corrected chi connectivity index (χ4v) is 2.25. The van der Waals surface area contributed by atoms with Gasteiger partial charge in [-0.1, -0.05) is 35.9 Å². The van der Waals surface area contributed by atoms with Crippen molar-refractivity contribution in [3.8, 4) is 5.75 Å². The highest BCUT2D eigenvalue weighted by Crippen LogP contribution is 2.34. The molecule has 19 heavy (non-hydrogen) atoms. The Morgan fingerprint density at radius 1 is 1.05 bits per heavy atom. The molecule has 0 aliphatic rings. The molecule has 2 aromatic carbocycles. The van der Waals surface area contributed by atoms with Crippen LogP contribution in [-0.2, 0) is 0 Å². The predicted octanol–water partition coefficient (Wildman–Crippen LogP) is 4.05. The predicted molar refractivity (Wildman–Crippen MR) is 78.0 cm³/mol. The lowest BCUT2D eigenvalue weighted by atomic mass is 9.96. The number of halogens is 1. The molecule has 0 aromatic heterocycles. The van der Waals surface area contributed by atoms with Crippen LogP contribution in [0.5, 0.6) is 5.75 Å². The van der Waals surface area contributed by atoms with Crippen LogP contribution in [0.4, 0.5) is 0 Å². The number of ether oxygens (including phenoxy) is 1. The summed E-state index contributed by atoms with van der Waals surface area (Å²) in [6, 6.07) is 11.1. The molecule has 0 fully saturated rings. The number of benzene rings is 2. The van der Waals surface area contributed by atoms with Gasteiger partial charge in [-0.15, -0.1) is 0 Å². The first-order valence-corrected chi connectivity index (χ1v) is 6.50. The van der Waals surface area contributed by atoms with Gasteiger partial charge >= 0.3 is 0 Å². The van der Waals surface area contributed by atoms with Gasteiger partial charge in [-0.3, -0.25) is 0 Å². The summed E-state index contributed by atoms with van der Waals surface area (Å²) >= 11 is 5.86. The van der Waals surface area contributed by atoms with E-state index in [-0.39, 0.29) is 0 Å².